The Kier molecular flexibility index (Phi) is 4.69. The van der Waals surface area contributed by atoms with Crippen LogP contribution < -0.4 is 5.73 Å². The predicted molar refractivity (Wildman–Crippen MR) is 89.0 cm³/mol. The second-order valence-corrected chi connectivity index (χ2v) is 7.70. The van der Waals surface area contributed by atoms with Crippen LogP contribution in [0.4, 0.5) is 4.79 Å². The quantitative estimate of drug-likeness (QED) is 0.803. The molecule has 3 heterocycles. The zero-order chi connectivity index (χ0) is 17.3. The van der Waals surface area contributed by atoms with Gasteiger partial charge < -0.3 is 20.4 Å². The molecule has 3 fully saturated rings. The molecule has 0 bridgehead atoms. The number of primary amides is 1. The zero-order valence-corrected chi connectivity index (χ0v) is 14.5. The molecule has 3 rings (SSSR count). The highest BCUT2D eigenvalue weighted by atomic mass is 16.2. The van der Waals surface area contributed by atoms with Crippen molar-refractivity contribution >= 4 is 17.8 Å². The van der Waals surface area contributed by atoms with Crippen molar-refractivity contribution in [2.24, 2.45) is 17.1 Å². The molecule has 2 atom stereocenters. The second kappa shape index (κ2) is 6.61. The van der Waals surface area contributed by atoms with Crippen LogP contribution in [0, 0.1) is 11.3 Å². The van der Waals surface area contributed by atoms with Gasteiger partial charge >= 0.3 is 6.03 Å². The first-order valence-corrected chi connectivity index (χ1v) is 9.03. The first kappa shape index (κ1) is 17.0. The third-order valence-electron chi connectivity index (χ3n) is 5.80. The highest BCUT2D eigenvalue weighted by Crippen LogP contribution is 2.31. The molecule has 24 heavy (non-hydrogen) atoms. The minimum Gasteiger partial charge on any atom is -0.369 e. The van der Waals surface area contributed by atoms with Crippen LogP contribution in [0.2, 0.25) is 0 Å². The van der Waals surface area contributed by atoms with Crippen molar-refractivity contribution in [3.8, 4) is 0 Å². The van der Waals surface area contributed by atoms with Crippen LogP contribution in [0.1, 0.15) is 39.0 Å². The van der Waals surface area contributed by atoms with Gasteiger partial charge in [0.15, 0.2) is 0 Å². The fourth-order valence-electron chi connectivity index (χ4n) is 4.07. The maximum absolute atomic E-state index is 12.8. The maximum Gasteiger partial charge on any atom is 0.320 e. The SMILES string of the molecule is C[C@@]1(C(N)=O)CCN(C(=O)[C@H]2CCCN(C(=O)N3CCCC3)C2)C1. The number of rotatable bonds is 2. The summed E-state index contributed by atoms with van der Waals surface area (Å²) in [6.45, 7) is 5.70. The average molecular weight is 336 g/mol. The van der Waals surface area contributed by atoms with Crippen molar-refractivity contribution in [1.29, 1.82) is 0 Å². The minimum absolute atomic E-state index is 0.0684. The maximum atomic E-state index is 12.8. The highest BCUT2D eigenvalue weighted by molar-refractivity contribution is 5.85. The van der Waals surface area contributed by atoms with Crippen molar-refractivity contribution in [3.63, 3.8) is 0 Å². The summed E-state index contributed by atoms with van der Waals surface area (Å²) >= 11 is 0. The first-order chi connectivity index (χ1) is 11.4. The predicted octanol–water partition coefficient (Wildman–Crippen LogP) is 0.638. The van der Waals surface area contributed by atoms with Gasteiger partial charge in [0, 0.05) is 39.3 Å². The van der Waals surface area contributed by atoms with Gasteiger partial charge in [0.25, 0.3) is 0 Å². The van der Waals surface area contributed by atoms with Crippen molar-refractivity contribution in [3.05, 3.63) is 0 Å². The number of amides is 4. The monoisotopic (exact) mass is 336 g/mol. The standard InChI is InChI=1S/C17H28N4O3/c1-17(15(18)23)6-10-21(12-17)14(22)13-5-4-9-20(11-13)16(24)19-7-2-3-8-19/h13H,2-12H2,1H3,(H2,18,23)/t13-,17+/m0/s1. The van der Waals surface area contributed by atoms with Crippen LogP contribution in [0.3, 0.4) is 0 Å². The van der Waals surface area contributed by atoms with E-state index >= 15 is 0 Å². The Morgan fingerprint density at radius 1 is 0.958 bits per heavy atom. The normalized spacial score (nSPS) is 30.7. The van der Waals surface area contributed by atoms with Crippen LogP contribution in [0.5, 0.6) is 0 Å². The highest BCUT2D eigenvalue weighted by Gasteiger charge is 2.43. The molecule has 4 amide bonds. The Morgan fingerprint density at radius 2 is 1.62 bits per heavy atom. The van der Waals surface area contributed by atoms with Gasteiger partial charge in [0.05, 0.1) is 11.3 Å². The van der Waals surface area contributed by atoms with Crippen LogP contribution in [-0.2, 0) is 9.59 Å². The Hall–Kier alpha value is -1.79. The number of nitrogens with two attached hydrogens (primary N) is 1. The van der Waals surface area contributed by atoms with E-state index in [-0.39, 0.29) is 23.8 Å². The van der Waals surface area contributed by atoms with Gasteiger partial charge in [-0.05, 0) is 39.0 Å². The number of carbonyl (C=O) groups is 3. The van der Waals surface area contributed by atoms with Gasteiger partial charge in [0.1, 0.15) is 0 Å². The molecule has 0 aromatic rings. The lowest BCUT2D eigenvalue weighted by Crippen LogP contribution is -2.50. The molecule has 0 unspecified atom stereocenters. The average Bonchev–Trinajstić information content (AvgIpc) is 3.24. The number of hydrogen-bond donors (Lipinski definition) is 1. The molecule has 3 saturated heterocycles. The molecule has 0 aliphatic carbocycles. The largest absolute Gasteiger partial charge is 0.369 e. The summed E-state index contributed by atoms with van der Waals surface area (Å²) in [5.41, 5.74) is 4.85. The molecule has 3 aliphatic heterocycles. The number of piperidine rings is 1. The number of nitrogens with zero attached hydrogens (tertiary/aromatic N) is 3. The Morgan fingerprint density at radius 3 is 2.25 bits per heavy atom. The summed E-state index contributed by atoms with van der Waals surface area (Å²) in [5, 5.41) is 0. The van der Waals surface area contributed by atoms with E-state index in [4.69, 9.17) is 5.73 Å². The molecule has 0 radical (unpaired) electrons. The summed E-state index contributed by atoms with van der Waals surface area (Å²) in [6, 6.07) is 0.0772. The number of likely N-dealkylation sites (tertiary alicyclic amines) is 3. The fourth-order valence-corrected chi connectivity index (χ4v) is 4.07. The number of hydrogen-bond acceptors (Lipinski definition) is 3. The first-order valence-electron chi connectivity index (χ1n) is 9.03. The molecule has 0 spiro atoms. The summed E-state index contributed by atoms with van der Waals surface area (Å²) in [7, 11) is 0. The van der Waals surface area contributed by atoms with E-state index in [2.05, 4.69) is 0 Å². The van der Waals surface area contributed by atoms with Gasteiger partial charge in [0.2, 0.25) is 11.8 Å². The van der Waals surface area contributed by atoms with E-state index in [1.807, 2.05) is 16.7 Å². The fraction of sp³-hybridized carbons (Fsp3) is 0.824. The number of urea groups is 1. The number of carbonyl (C=O) groups excluding carboxylic acids is 3. The Bertz CT molecular complexity index is 532. The van der Waals surface area contributed by atoms with Crippen LogP contribution in [0.25, 0.3) is 0 Å². The second-order valence-electron chi connectivity index (χ2n) is 7.70. The van der Waals surface area contributed by atoms with Crippen LogP contribution in [-0.4, -0.2) is 71.8 Å². The molecule has 7 nitrogen and oxygen atoms in total. The summed E-state index contributed by atoms with van der Waals surface area (Å²) in [5.74, 6) is -0.424. The van der Waals surface area contributed by atoms with E-state index in [0.717, 1.165) is 45.3 Å². The van der Waals surface area contributed by atoms with E-state index in [0.29, 0.717) is 26.1 Å². The minimum atomic E-state index is -0.616. The van der Waals surface area contributed by atoms with Crippen LogP contribution >= 0.6 is 0 Å². The van der Waals surface area contributed by atoms with Gasteiger partial charge in [-0.15, -0.1) is 0 Å². The van der Waals surface area contributed by atoms with Crippen molar-refractivity contribution < 1.29 is 14.4 Å². The van der Waals surface area contributed by atoms with Gasteiger partial charge in [-0.25, -0.2) is 4.79 Å². The lowest BCUT2D eigenvalue weighted by molar-refractivity contribution is -0.136. The molecule has 2 N–H and O–H groups in total. The third kappa shape index (κ3) is 3.21. The van der Waals surface area contributed by atoms with Crippen molar-refractivity contribution in [1.82, 2.24) is 14.7 Å². The summed E-state index contributed by atoms with van der Waals surface area (Å²) in [6.07, 6.45) is 4.43. The lowest BCUT2D eigenvalue weighted by Gasteiger charge is -2.36. The topological polar surface area (TPSA) is 87.0 Å². The Balaban J connectivity index is 1.59. The van der Waals surface area contributed by atoms with E-state index in [9.17, 15) is 14.4 Å². The zero-order valence-electron chi connectivity index (χ0n) is 14.5. The molecule has 0 aromatic carbocycles. The Labute approximate surface area is 143 Å². The van der Waals surface area contributed by atoms with Crippen molar-refractivity contribution in [2.45, 2.75) is 39.0 Å². The molecular formula is C17H28N4O3. The molecule has 0 saturated carbocycles. The molecule has 0 aromatic heterocycles. The third-order valence-corrected chi connectivity index (χ3v) is 5.80. The molecule has 7 heteroatoms. The van der Waals surface area contributed by atoms with Gasteiger partial charge in [-0.2, -0.15) is 0 Å². The molecule has 3 aliphatic rings. The van der Waals surface area contributed by atoms with Gasteiger partial charge in [-0.3, -0.25) is 9.59 Å². The molecule has 134 valence electrons. The van der Waals surface area contributed by atoms with E-state index in [1.165, 1.54) is 0 Å². The van der Waals surface area contributed by atoms with E-state index < -0.39 is 5.41 Å². The molecular weight excluding hydrogens is 308 g/mol. The summed E-state index contributed by atoms with van der Waals surface area (Å²) in [4.78, 5) is 42.4. The summed E-state index contributed by atoms with van der Waals surface area (Å²) < 4.78 is 0. The lowest BCUT2D eigenvalue weighted by atomic mass is 9.89. The van der Waals surface area contributed by atoms with E-state index in [1.54, 1.807) is 4.90 Å². The van der Waals surface area contributed by atoms with Crippen molar-refractivity contribution in [2.75, 3.05) is 39.3 Å². The van der Waals surface area contributed by atoms with Crippen LogP contribution in [0.15, 0.2) is 0 Å². The smallest absolute Gasteiger partial charge is 0.320 e. The van der Waals surface area contributed by atoms with Gasteiger partial charge in [-0.1, -0.05) is 0 Å².